The summed E-state index contributed by atoms with van der Waals surface area (Å²) in [7, 11) is 0. The van der Waals surface area contributed by atoms with E-state index in [0.29, 0.717) is 11.5 Å². The second kappa shape index (κ2) is 5.46. The zero-order valence-corrected chi connectivity index (χ0v) is 11.5. The summed E-state index contributed by atoms with van der Waals surface area (Å²) >= 11 is 0. The van der Waals surface area contributed by atoms with Crippen LogP contribution in [0.25, 0.3) is 0 Å². The van der Waals surface area contributed by atoms with Crippen LogP contribution in [0, 0.1) is 5.92 Å². The maximum Gasteiger partial charge on any atom is 0.416 e. The second-order valence-corrected chi connectivity index (χ2v) is 5.74. The number of nitrogens with one attached hydrogen (secondary N) is 1. The van der Waals surface area contributed by atoms with Crippen LogP contribution in [0.1, 0.15) is 43.7 Å². The third-order valence-electron chi connectivity index (χ3n) is 3.60. The number of hydrogen-bond donors (Lipinski definition) is 1. The van der Waals surface area contributed by atoms with Gasteiger partial charge >= 0.3 is 6.18 Å². The molecular weight excluding hydrogens is 267 g/mol. The van der Waals surface area contributed by atoms with E-state index in [9.17, 15) is 18.0 Å². The third kappa shape index (κ3) is 3.32. The minimum atomic E-state index is -4.35. The van der Waals surface area contributed by atoms with Gasteiger partial charge in [0.15, 0.2) is 0 Å². The zero-order valence-electron chi connectivity index (χ0n) is 11.5. The van der Waals surface area contributed by atoms with Crippen LogP contribution in [0.3, 0.4) is 0 Å². The van der Waals surface area contributed by atoms with Crippen molar-refractivity contribution in [3.8, 4) is 0 Å². The number of amides is 1. The van der Waals surface area contributed by atoms with E-state index in [1.54, 1.807) is 6.07 Å². The third-order valence-corrected chi connectivity index (χ3v) is 3.60. The first kappa shape index (κ1) is 14.9. The summed E-state index contributed by atoms with van der Waals surface area (Å²) < 4.78 is 38.3. The summed E-state index contributed by atoms with van der Waals surface area (Å²) in [6.07, 6.45) is -3.31. The SMILES string of the molecule is CC(C)CC1NC(=O)CC1c1cccc(C(F)(F)F)c1. The van der Waals surface area contributed by atoms with Gasteiger partial charge in [-0.25, -0.2) is 0 Å². The molecule has 0 aliphatic carbocycles. The number of benzene rings is 1. The molecule has 0 bridgehead atoms. The molecule has 110 valence electrons. The zero-order chi connectivity index (χ0) is 14.9. The van der Waals surface area contributed by atoms with Crippen LogP contribution in [-0.2, 0) is 11.0 Å². The number of carbonyl (C=O) groups is 1. The fourth-order valence-electron chi connectivity index (χ4n) is 2.74. The van der Waals surface area contributed by atoms with E-state index in [0.717, 1.165) is 18.6 Å². The van der Waals surface area contributed by atoms with Gasteiger partial charge in [-0.15, -0.1) is 0 Å². The minimum Gasteiger partial charge on any atom is -0.353 e. The Morgan fingerprint density at radius 2 is 2.05 bits per heavy atom. The van der Waals surface area contributed by atoms with Crippen molar-refractivity contribution in [1.82, 2.24) is 5.32 Å². The molecule has 1 aromatic carbocycles. The number of hydrogen-bond acceptors (Lipinski definition) is 1. The molecule has 5 heteroatoms. The van der Waals surface area contributed by atoms with Crippen LogP contribution in [0.4, 0.5) is 13.2 Å². The molecule has 1 heterocycles. The molecular formula is C15H18F3NO. The maximum absolute atomic E-state index is 12.8. The topological polar surface area (TPSA) is 29.1 Å². The standard InChI is InChI=1S/C15H18F3NO/c1-9(2)6-13-12(8-14(20)19-13)10-4-3-5-11(7-10)15(16,17)18/h3-5,7,9,12-13H,6,8H2,1-2H3,(H,19,20). The summed E-state index contributed by atoms with van der Waals surface area (Å²) in [6, 6.07) is 5.23. The van der Waals surface area contributed by atoms with Gasteiger partial charge in [-0.1, -0.05) is 32.0 Å². The quantitative estimate of drug-likeness (QED) is 0.901. The Balaban J connectivity index is 2.27. The van der Waals surface area contributed by atoms with Gasteiger partial charge in [-0.05, 0) is 24.0 Å². The lowest BCUT2D eigenvalue weighted by molar-refractivity contribution is -0.137. The molecule has 0 aromatic heterocycles. The molecule has 1 fully saturated rings. The van der Waals surface area contributed by atoms with Crippen molar-refractivity contribution in [3.63, 3.8) is 0 Å². The van der Waals surface area contributed by atoms with Crippen LogP contribution in [0.5, 0.6) is 0 Å². The lowest BCUT2D eigenvalue weighted by Gasteiger charge is -2.21. The molecule has 1 amide bonds. The van der Waals surface area contributed by atoms with Gasteiger partial charge in [0.25, 0.3) is 0 Å². The number of halogens is 3. The molecule has 0 saturated carbocycles. The van der Waals surface area contributed by atoms with Gasteiger partial charge in [0, 0.05) is 18.4 Å². The molecule has 0 spiro atoms. The highest BCUT2D eigenvalue weighted by Gasteiger charge is 2.36. The molecule has 2 atom stereocenters. The molecule has 2 nitrogen and oxygen atoms in total. The largest absolute Gasteiger partial charge is 0.416 e. The van der Waals surface area contributed by atoms with Crippen molar-refractivity contribution in [2.45, 2.75) is 44.8 Å². The smallest absolute Gasteiger partial charge is 0.353 e. The molecule has 1 aromatic rings. The Morgan fingerprint density at radius 3 is 2.65 bits per heavy atom. The first-order chi connectivity index (χ1) is 9.27. The predicted molar refractivity (Wildman–Crippen MR) is 70.2 cm³/mol. The number of carbonyl (C=O) groups excluding carboxylic acids is 1. The van der Waals surface area contributed by atoms with Crippen LogP contribution in [-0.4, -0.2) is 11.9 Å². The molecule has 1 aliphatic rings. The van der Waals surface area contributed by atoms with E-state index in [1.807, 2.05) is 13.8 Å². The summed E-state index contributed by atoms with van der Waals surface area (Å²) in [6.45, 7) is 4.07. The molecule has 0 radical (unpaired) electrons. The molecule has 1 aliphatic heterocycles. The molecule has 1 N–H and O–H groups in total. The fraction of sp³-hybridized carbons (Fsp3) is 0.533. The first-order valence-electron chi connectivity index (χ1n) is 6.74. The monoisotopic (exact) mass is 285 g/mol. The van der Waals surface area contributed by atoms with Crippen LogP contribution in [0.15, 0.2) is 24.3 Å². The number of alkyl halides is 3. The summed E-state index contributed by atoms with van der Waals surface area (Å²) in [5.41, 5.74) is -0.0681. The Kier molecular flexibility index (Phi) is 4.06. The summed E-state index contributed by atoms with van der Waals surface area (Å²) in [5.74, 6) is 0.122. The second-order valence-electron chi connectivity index (χ2n) is 5.74. The van der Waals surface area contributed by atoms with Gasteiger partial charge in [0.1, 0.15) is 0 Å². The van der Waals surface area contributed by atoms with E-state index in [2.05, 4.69) is 5.32 Å². The highest BCUT2D eigenvalue weighted by atomic mass is 19.4. The lowest BCUT2D eigenvalue weighted by atomic mass is 9.86. The fourth-order valence-corrected chi connectivity index (χ4v) is 2.74. The summed E-state index contributed by atoms with van der Waals surface area (Å²) in [5, 5.41) is 2.87. The predicted octanol–water partition coefficient (Wildman–Crippen LogP) is 3.72. The highest BCUT2D eigenvalue weighted by Crippen LogP contribution is 2.35. The van der Waals surface area contributed by atoms with Gasteiger partial charge in [0.2, 0.25) is 5.91 Å². The van der Waals surface area contributed by atoms with Crippen LogP contribution in [0.2, 0.25) is 0 Å². The average Bonchev–Trinajstić information content (AvgIpc) is 2.68. The van der Waals surface area contributed by atoms with E-state index < -0.39 is 11.7 Å². The van der Waals surface area contributed by atoms with Gasteiger partial charge in [-0.3, -0.25) is 4.79 Å². The van der Waals surface area contributed by atoms with Crippen molar-refractivity contribution in [2.24, 2.45) is 5.92 Å². The molecule has 2 rings (SSSR count). The Labute approximate surface area is 116 Å². The minimum absolute atomic E-state index is 0.0778. The van der Waals surface area contributed by atoms with E-state index in [1.165, 1.54) is 6.07 Å². The van der Waals surface area contributed by atoms with Crippen molar-refractivity contribution in [2.75, 3.05) is 0 Å². The van der Waals surface area contributed by atoms with Crippen LogP contribution < -0.4 is 5.32 Å². The van der Waals surface area contributed by atoms with Gasteiger partial charge in [0.05, 0.1) is 5.56 Å². The van der Waals surface area contributed by atoms with Crippen molar-refractivity contribution < 1.29 is 18.0 Å². The van der Waals surface area contributed by atoms with Gasteiger partial charge in [-0.2, -0.15) is 13.2 Å². The van der Waals surface area contributed by atoms with Crippen molar-refractivity contribution in [3.05, 3.63) is 35.4 Å². The number of rotatable bonds is 3. The van der Waals surface area contributed by atoms with E-state index in [-0.39, 0.29) is 24.3 Å². The Hall–Kier alpha value is -1.52. The lowest BCUT2D eigenvalue weighted by Crippen LogP contribution is -2.29. The summed E-state index contributed by atoms with van der Waals surface area (Å²) in [4.78, 5) is 11.6. The van der Waals surface area contributed by atoms with E-state index >= 15 is 0 Å². The Bertz CT molecular complexity index is 496. The highest BCUT2D eigenvalue weighted by molar-refractivity contribution is 5.80. The van der Waals surface area contributed by atoms with Crippen LogP contribution >= 0.6 is 0 Å². The molecule has 1 saturated heterocycles. The molecule has 20 heavy (non-hydrogen) atoms. The van der Waals surface area contributed by atoms with E-state index in [4.69, 9.17) is 0 Å². The van der Waals surface area contributed by atoms with Crippen molar-refractivity contribution in [1.29, 1.82) is 0 Å². The first-order valence-corrected chi connectivity index (χ1v) is 6.74. The van der Waals surface area contributed by atoms with Gasteiger partial charge < -0.3 is 5.32 Å². The normalized spacial score (nSPS) is 23.2. The maximum atomic E-state index is 12.8. The average molecular weight is 285 g/mol. The molecule has 2 unspecified atom stereocenters. The van der Waals surface area contributed by atoms with Crippen molar-refractivity contribution >= 4 is 5.91 Å². The Morgan fingerprint density at radius 1 is 1.35 bits per heavy atom.